The summed E-state index contributed by atoms with van der Waals surface area (Å²) >= 11 is 0. The van der Waals surface area contributed by atoms with Crippen molar-refractivity contribution in [3.63, 3.8) is 0 Å². The molecule has 44 heavy (non-hydrogen) atoms. The summed E-state index contributed by atoms with van der Waals surface area (Å²) in [6.07, 6.45) is 22.5. The van der Waals surface area contributed by atoms with Gasteiger partial charge in [0.25, 0.3) is 0 Å². The Hall–Kier alpha value is -3.02. The van der Waals surface area contributed by atoms with Gasteiger partial charge in [-0.15, -0.1) is 0 Å². The van der Waals surface area contributed by atoms with E-state index < -0.39 is 11.9 Å². The number of hydrogen-bond donors (Lipinski definition) is 0. The van der Waals surface area contributed by atoms with E-state index in [9.17, 15) is 9.59 Å². The molecule has 1 aliphatic heterocycles. The van der Waals surface area contributed by atoms with Crippen LogP contribution in [0.25, 0.3) is 0 Å². The molecule has 0 spiro atoms. The number of rotatable bonds is 22. The van der Waals surface area contributed by atoms with Gasteiger partial charge < -0.3 is 0 Å². The molecule has 0 aromatic heterocycles. The predicted molar refractivity (Wildman–Crippen MR) is 176 cm³/mol. The van der Waals surface area contributed by atoms with Crippen LogP contribution < -0.4 is 9.78 Å². The van der Waals surface area contributed by atoms with Gasteiger partial charge >= 0.3 is 11.9 Å². The Kier molecular flexibility index (Phi) is 16.2. The van der Waals surface area contributed by atoms with Gasteiger partial charge in [0, 0.05) is 6.07 Å². The second-order valence-corrected chi connectivity index (χ2v) is 12.3. The summed E-state index contributed by atoms with van der Waals surface area (Å²) in [5, 5.41) is 0. The molecule has 0 N–H and O–H groups in total. The van der Waals surface area contributed by atoms with Crippen molar-refractivity contribution in [2.45, 2.75) is 156 Å². The second-order valence-electron chi connectivity index (χ2n) is 12.3. The number of unbranched alkanes of at least 4 members (excludes halogenated alkanes) is 12. The van der Waals surface area contributed by atoms with Crippen molar-refractivity contribution in [1.82, 2.24) is 0 Å². The van der Waals surface area contributed by atoms with Crippen LogP contribution in [-0.4, -0.2) is 11.9 Å². The lowest BCUT2D eigenvalue weighted by Gasteiger charge is -2.23. The van der Waals surface area contributed by atoms with Gasteiger partial charge in [-0.25, -0.2) is 19.4 Å². The third kappa shape index (κ3) is 10.9. The van der Waals surface area contributed by atoms with Gasteiger partial charge in [0.15, 0.2) is 11.5 Å². The number of benzene rings is 2. The van der Waals surface area contributed by atoms with Crippen LogP contribution in [0, 0.1) is 0 Å². The SMILES string of the molecule is CCCCCCc1cc(C(=O)OOC(=O)c2ccc3cc2OO3)c(CCCCCC)c(CCCCCC)c1CCCCCC. The summed E-state index contributed by atoms with van der Waals surface area (Å²) in [6, 6.07) is 6.83. The van der Waals surface area contributed by atoms with Crippen LogP contribution in [0.15, 0.2) is 24.3 Å². The van der Waals surface area contributed by atoms with E-state index >= 15 is 0 Å². The van der Waals surface area contributed by atoms with Gasteiger partial charge in [0.2, 0.25) is 0 Å². The Morgan fingerprint density at radius 2 is 1.02 bits per heavy atom. The molecule has 1 heterocycles. The fourth-order valence-electron chi connectivity index (χ4n) is 6.17. The normalized spacial score (nSPS) is 11.7. The molecule has 0 unspecified atom stereocenters. The smallest absolute Gasteiger partial charge is 0.290 e. The minimum Gasteiger partial charge on any atom is -0.290 e. The van der Waals surface area contributed by atoms with Crippen molar-refractivity contribution in [3.05, 3.63) is 57.6 Å². The van der Waals surface area contributed by atoms with Gasteiger partial charge in [-0.3, -0.25) is 9.78 Å². The van der Waals surface area contributed by atoms with Crippen LogP contribution in [0.5, 0.6) is 11.5 Å². The van der Waals surface area contributed by atoms with E-state index in [0.29, 0.717) is 11.3 Å². The van der Waals surface area contributed by atoms with E-state index in [1.54, 1.807) is 18.2 Å². The molecule has 6 heteroatoms. The molecule has 6 nitrogen and oxygen atoms in total. The van der Waals surface area contributed by atoms with E-state index in [2.05, 4.69) is 33.8 Å². The van der Waals surface area contributed by atoms with Crippen molar-refractivity contribution in [1.29, 1.82) is 0 Å². The third-order valence-electron chi connectivity index (χ3n) is 8.71. The highest BCUT2D eigenvalue weighted by Crippen LogP contribution is 2.33. The quantitative estimate of drug-likeness (QED) is 0.0752. The first kappa shape index (κ1) is 35.5. The number of carbonyl (C=O) groups excluding carboxylic acids is 2. The standard InChI is InChI=1S/C38H56O6/c1-5-9-13-17-21-29-27-35(38(40)44-43-37(39)34-26-25-30-28-36(34)42-41-30)33(24-20-16-12-8-4)32(23-19-15-11-7-3)31(29)22-18-14-10-6-2/h25-28H,5-24H2,1-4H3. The minimum atomic E-state index is -0.790. The van der Waals surface area contributed by atoms with Gasteiger partial charge in [-0.2, -0.15) is 0 Å². The van der Waals surface area contributed by atoms with Crippen molar-refractivity contribution in [3.8, 4) is 11.5 Å². The molecule has 0 fully saturated rings. The largest absolute Gasteiger partial charge is 0.390 e. The first-order chi connectivity index (χ1) is 21.5. The third-order valence-corrected chi connectivity index (χ3v) is 8.71. The number of carbonyl (C=O) groups is 2. The van der Waals surface area contributed by atoms with E-state index in [1.165, 1.54) is 87.3 Å². The van der Waals surface area contributed by atoms with Gasteiger partial charge in [-0.05, 0) is 91.8 Å². The summed E-state index contributed by atoms with van der Waals surface area (Å²) in [6.45, 7) is 8.95. The monoisotopic (exact) mass is 608 g/mol. The summed E-state index contributed by atoms with van der Waals surface area (Å²) < 4.78 is 0. The lowest BCUT2D eigenvalue weighted by atomic mass is 9.83. The summed E-state index contributed by atoms with van der Waals surface area (Å²) in [5.74, 6) is -0.636. The second kappa shape index (κ2) is 20.1. The maximum Gasteiger partial charge on any atom is 0.390 e. The molecule has 3 rings (SSSR count). The first-order valence-electron chi connectivity index (χ1n) is 17.6. The zero-order chi connectivity index (χ0) is 31.6. The Bertz CT molecular complexity index is 1170. The molecule has 0 atom stereocenters. The summed E-state index contributed by atoms with van der Waals surface area (Å²) in [4.78, 5) is 47.1. The zero-order valence-corrected chi connectivity index (χ0v) is 27.9. The van der Waals surface area contributed by atoms with Crippen LogP contribution >= 0.6 is 0 Å². The minimum absolute atomic E-state index is 0.148. The molecule has 0 saturated heterocycles. The molecule has 2 aromatic carbocycles. The maximum absolute atomic E-state index is 13.8. The fourth-order valence-corrected chi connectivity index (χ4v) is 6.17. The lowest BCUT2D eigenvalue weighted by molar-refractivity contribution is -0.188. The molecule has 0 aliphatic carbocycles. The zero-order valence-electron chi connectivity index (χ0n) is 27.9. The van der Waals surface area contributed by atoms with Crippen molar-refractivity contribution in [2.24, 2.45) is 0 Å². The molecule has 2 bridgehead atoms. The van der Waals surface area contributed by atoms with Crippen LogP contribution in [0.4, 0.5) is 0 Å². The molecular weight excluding hydrogens is 552 g/mol. The number of aryl methyl sites for hydroxylation is 1. The van der Waals surface area contributed by atoms with Gasteiger partial charge in [0.1, 0.15) is 5.56 Å². The van der Waals surface area contributed by atoms with Gasteiger partial charge in [0.05, 0.1) is 5.56 Å². The highest BCUT2D eigenvalue weighted by atomic mass is 17.2. The van der Waals surface area contributed by atoms with Crippen molar-refractivity contribution < 1.29 is 29.1 Å². The molecule has 0 amide bonds. The molecule has 0 saturated carbocycles. The van der Waals surface area contributed by atoms with Crippen LogP contribution in [0.2, 0.25) is 0 Å². The maximum atomic E-state index is 13.8. The summed E-state index contributed by atoms with van der Waals surface area (Å²) in [7, 11) is 0. The Labute approximate surface area is 266 Å². The Morgan fingerprint density at radius 3 is 1.59 bits per heavy atom. The fraction of sp³-hybridized carbons (Fsp3) is 0.632. The van der Waals surface area contributed by atoms with Crippen LogP contribution in [0.3, 0.4) is 0 Å². The summed E-state index contributed by atoms with van der Waals surface area (Å²) in [5.41, 5.74) is 5.90. The van der Waals surface area contributed by atoms with Crippen molar-refractivity contribution in [2.75, 3.05) is 0 Å². The average molecular weight is 609 g/mol. The highest BCUT2D eigenvalue weighted by molar-refractivity contribution is 5.95. The Balaban J connectivity index is 1.96. The Morgan fingerprint density at radius 1 is 0.523 bits per heavy atom. The molecule has 2 aromatic rings. The van der Waals surface area contributed by atoms with Crippen LogP contribution in [0.1, 0.15) is 173 Å². The van der Waals surface area contributed by atoms with E-state index in [-0.39, 0.29) is 11.3 Å². The van der Waals surface area contributed by atoms with E-state index in [0.717, 1.165) is 63.4 Å². The number of fused-ring (bicyclic) bond motifs is 2. The van der Waals surface area contributed by atoms with Crippen molar-refractivity contribution >= 4 is 11.9 Å². The molecule has 1 aliphatic rings. The average Bonchev–Trinajstić information content (AvgIpc) is 3.41. The number of hydrogen-bond acceptors (Lipinski definition) is 6. The molecule has 0 radical (unpaired) electrons. The molecular formula is C38H56O6. The van der Waals surface area contributed by atoms with E-state index in [1.807, 2.05) is 0 Å². The predicted octanol–water partition coefficient (Wildman–Crippen LogP) is 10.8. The van der Waals surface area contributed by atoms with E-state index in [4.69, 9.17) is 19.6 Å². The molecule has 244 valence electrons. The topological polar surface area (TPSA) is 71.1 Å². The lowest BCUT2D eigenvalue weighted by Crippen LogP contribution is -2.17. The first-order valence-corrected chi connectivity index (χ1v) is 17.6. The van der Waals surface area contributed by atoms with Gasteiger partial charge in [-0.1, -0.05) is 105 Å². The van der Waals surface area contributed by atoms with Crippen LogP contribution in [-0.2, 0) is 35.5 Å². The highest BCUT2D eigenvalue weighted by Gasteiger charge is 2.26.